The topological polar surface area (TPSA) is 90.0 Å². The van der Waals surface area contributed by atoms with Gasteiger partial charge in [-0.05, 0) is 38.5 Å². The monoisotopic (exact) mass is 510 g/mol. The number of anilines is 1. The Kier molecular flexibility index (Phi) is 9.73. The smallest absolute Gasteiger partial charge is 0.304 e. The zero-order valence-electron chi connectivity index (χ0n) is 20.5. The van der Waals surface area contributed by atoms with E-state index in [4.69, 9.17) is 0 Å². The van der Waals surface area contributed by atoms with Crippen LogP contribution in [0.3, 0.4) is 0 Å². The molecule has 0 aliphatic rings. The maximum atomic E-state index is 14.6. The average Bonchev–Trinajstić information content (AvgIpc) is 2.81. The Bertz CT molecular complexity index is 1140. The van der Waals surface area contributed by atoms with Gasteiger partial charge in [-0.2, -0.15) is 12.7 Å². The summed E-state index contributed by atoms with van der Waals surface area (Å²) in [6.07, 6.45) is 0.655. The van der Waals surface area contributed by atoms with E-state index in [1.54, 1.807) is 13.0 Å². The van der Waals surface area contributed by atoms with Crippen LogP contribution >= 0.6 is 0 Å². The van der Waals surface area contributed by atoms with Gasteiger partial charge in [0.2, 0.25) is 11.8 Å². The van der Waals surface area contributed by atoms with Crippen molar-refractivity contribution in [3.8, 4) is 0 Å². The summed E-state index contributed by atoms with van der Waals surface area (Å²) < 4.78 is 56.5. The van der Waals surface area contributed by atoms with Crippen molar-refractivity contribution in [2.45, 2.75) is 45.8 Å². The first kappa shape index (κ1) is 28.2. The van der Waals surface area contributed by atoms with E-state index in [2.05, 4.69) is 5.32 Å². The molecule has 2 atom stereocenters. The quantitative estimate of drug-likeness (QED) is 0.503. The summed E-state index contributed by atoms with van der Waals surface area (Å²) in [5.41, 5.74) is -0.172. The largest absolute Gasteiger partial charge is 0.352 e. The molecule has 0 saturated heterocycles. The third-order valence-electron chi connectivity index (χ3n) is 5.61. The number of halogens is 2. The molecule has 0 bridgehead atoms. The van der Waals surface area contributed by atoms with E-state index in [9.17, 15) is 26.8 Å². The van der Waals surface area contributed by atoms with E-state index >= 15 is 0 Å². The molecule has 1 N–H and O–H groups in total. The van der Waals surface area contributed by atoms with Crippen molar-refractivity contribution in [3.63, 3.8) is 0 Å². The Morgan fingerprint density at radius 3 is 2.09 bits per heavy atom. The van der Waals surface area contributed by atoms with Gasteiger partial charge < -0.3 is 10.2 Å². The molecule has 2 unspecified atom stereocenters. The predicted octanol–water partition coefficient (Wildman–Crippen LogP) is 2.91. The lowest BCUT2D eigenvalue weighted by Crippen LogP contribution is -2.53. The van der Waals surface area contributed by atoms with Crippen molar-refractivity contribution in [3.05, 3.63) is 65.7 Å². The highest BCUT2D eigenvalue weighted by Gasteiger charge is 2.34. The van der Waals surface area contributed by atoms with Gasteiger partial charge in [0.15, 0.2) is 0 Å². The highest BCUT2D eigenvalue weighted by molar-refractivity contribution is 7.90. The van der Waals surface area contributed by atoms with Crippen molar-refractivity contribution < 1.29 is 26.8 Å². The van der Waals surface area contributed by atoms with Crippen LogP contribution in [0.15, 0.2) is 48.5 Å². The first-order valence-electron chi connectivity index (χ1n) is 11.2. The lowest BCUT2D eigenvalue weighted by atomic mass is 10.1. The standard InChI is InChI=1S/C24H32F2N4O4S/c1-6-17(2)27-24(32)18(3)29(15-19-11-7-8-12-20(19)25)23(31)16-30(35(33,34)28(4)5)22-14-10-9-13-21(22)26/h7-14,17-18H,6,15-16H2,1-5H3,(H,27,32). The zero-order valence-corrected chi connectivity index (χ0v) is 21.4. The number of benzene rings is 2. The summed E-state index contributed by atoms with van der Waals surface area (Å²) in [7, 11) is -1.77. The van der Waals surface area contributed by atoms with E-state index < -0.39 is 46.2 Å². The zero-order chi connectivity index (χ0) is 26.3. The number of nitrogens with one attached hydrogen (secondary N) is 1. The SMILES string of the molecule is CCC(C)NC(=O)C(C)N(Cc1ccccc1F)C(=O)CN(c1ccccc1F)S(=O)(=O)N(C)C. The lowest BCUT2D eigenvalue weighted by molar-refractivity contribution is -0.139. The third-order valence-corrected chi connectivity index (χ3v) is 7.41. The second kappa shape index (κ2) is 12.1. The molecule has 0 saturated carbocycles. The normalized spacial score (nSPS) is 13.3. The fourth-order valence-corrected chi connectivity index (χ4v) is 4.28. The number of rotatable bonds is 11. The molecule has 2 aromatic carbocycles. The van der Waals surface area contributed by atoms with Crippen LogP contribution in [0.1, 0.15) is 32.8 Å². The minimum absolute atomic E-state index is 0.150. The average molecular weight is 511 g/mol. The molecule has 0 fully saturated rings. The summed E-state index contributed by atoms with van der Waals surface area (Å²) >= 11 is 0. The Morgan fingerprint density at radius 1 is 0.971 bits per heavy atom. The molecule has 0 heterocycles. The minimum atomic E-state index is -4.29. The first-order valence-corrected chi connectivity index (χ1v) is 12.6. The number of carbonyl (C=O) groups is 2. The van der Waals surface area contributed by atoms with Crippen LogP contribution in [-0.4, -0.2) is 62.2 Å². The van der Waals surface area contributed by atoms with Crippen molar-refractivity contribution in [1.29, 1.82) is 0 Å². The van der Waals surface area contributed by atoms with Crippen molar-refractivity contribution in [2.75, 3.05) is 24.9 Å². The number of amides is 2. The maximum absolute atomic E-state index is 14.6. The van der Waals surface area contributed by atoms with E-state index in [0.29, 0.717) is 10.7 Å². The van der Waals surface area contributed by atoms with Gasteiger partial charge in [-0.1, -0.05) is 37.3 Å². The molecular weight excluding hydrogens is 478 g/mol. The van der Waals surface area contributed by atoms with Crippen LogP contribution in [-0.2, 0) is 26.3 Å². The summed E-state index contributed by atoms with van der Waals surface area (Å²) in [5, 5.41) is 2.78. The molecule has 2 aromatic rings. The maximum Gasteiger partial charge on any atom is 0.304 e. The number of hydrogen-bond donors (Lipinski definition) is 1. The molecule has 0 spiro atoms. The second-order valence-corrected chi connectivity index (χ2v) is 10.4. The molecule has 11 heteroatoms. The summed E-state index contributed by atoms with van der Waals surface area (Å²) in [4.78, 5) is 27.4. The van der Waals surface area contributed by atoms with Crippen LogP contribution in [0.5, 0.6) is 0 Å². The fourth-order valence-electron chi connectivity index (χ4n) is 3.21. The first-order chi connectivity index (χ1) is 16.4. The van der Waals surface area contributed by atoms with E-state index in [-0.39, 0.29) is 23.8 Å². The Labute approximate surface area is 205 Å². The summed E-state index contributed by atoms with van der Waals surface area (Å²) in [6.45, 7) is 4.09. The van der Waals surface area contributed by atoms with E-state index in [1.807, 2.05) is 6.92 Å². The van der Waals surface area contributed by atoms with Crippen LogP contribution < -0.4 is 9.62 Å². The van der Waals surface area contributed by atoms with Crippen molar-refractivity contribution in [1.82, 2.24) is 14.5 Å². The van der Waals surface area contributed by atoms with Gasteiger partial charge in [0, 0.05) is 32.2 Å². The molecule has 192 valence electrons. The second-order valence-electron chi connectivity index (χ2n) is 8.36. The van der Waals surface area contributed by atoms with Crippen LogP contribution in [0.2, 0.25) is 0 Å². The number of para-hydroxylation sites is 1. The van der Waals surface area contributed by atoms with Gasteiger partial charge in [0.1, 0.15) is 24.2 Å². The fraction of sp³-hybridized carbons (Fsp3) is 0.417. The van der Waals surface area contributed by atoms with Crippen molar-refractivity contribution in [2.24, 2.45) is 0 Å². The highest BCUT2D eigenvalue weighted by Crippen LogP contribution is 2.24. The molecule has 2 amide bonds. The van der Waals surface area contributed by atoms with Crippen LogP contribution in [0.25, 0.3) is 0 Å². The van der Waals surface area contributed by atoms with Crippen LogP contribution in [0, 0.1) is 11.6 Å². The highest BCUT2D eigenvalue weighted by atomic mass is 32.2. The molecule has 35 heavy (non-hydrogen) atoms. The molecule has 2 rings (SSSR count). The minimum Gasteiger partial charge on any atom is -0.352 e. The Morgan fingerprint density at radius 2 is 1.54 bits per heavy atom. The van der Waals surface area contributed by atoms with Crippen molar-refractivity contribution >= 4 is 27.7 Å². The van der Waals surface area contributed by atoms with Gasteiger partial charge in [-0.25, -0.2) is 13.1 Å². The van der Waals surface area contributed by atoms with Gasteiger partial charge in [0.05, 0.1) is 5.69 Å². The number of carbonyl (C=O) groups excluding carboxylic acids is 2. The molecule has 0 aliphatic carbocycles. The van der Waals surface area contributed by atoms with Gasteiger partial charge in [-0.15, -0.1) is 0 Å². The van der Waals surface area contributed by atoms with Gasteiger partial charge >= 0.3 is 10.2 Å². The summed E-state index contributed by atoms with van der Waals surface area (Å²) in [5.74, 6) is -2.69. The third kappa shape index (κ3) is 6.98. The molecular formula is C24H32F2N4O4S. The molecule has 0 aliphatic heterocycles. The molecule has 0 radical (unpaired) electrons. The van der Waals surface area contributed by atoms with E-state index in [0.717, 1.165) is 15.3 Å². The Hall–Kier alpha value is -3.05. The summed E-state index contributed by atoms with van der Waals surface area (Å²) in [6, 6.07) is 9.72. The van der Waals surface area contributed by atoms with E-state index in [1.165, 1.54) is 57.4 Å². The molecule has 0 aromatic heterocycles. The lowest BCUT2D eigenvalue weighted by Gasteiger charge is -2.33. The Balaban J connectivity index is 2.48. The molecule has 8 nitrogen and oxygen atoms in total. The predicted molar refractivity (Wildman–Crippen MR) is 131 cm³/mol. The van der Waals surface area contributed by atoms with Gasteiger partial charge in [0.25, 0.3) is 0 Å². The number of nitrogens with zero attached hydrogens (tertiary/aromatic N) is 3. The van der Waals surface area contributed by atoms with Gasteiger partial charge in [-0.3, -0.25) is 9.59 Å². The number of hydrogen-bond acceptors (Lipinski definition) is 4. The van der Waals surface area contributed by atoms with Crippen LogP contribution in [0.4, 0.5) is 14.5 Å².